The van der Waals surface area contributed by atoms with Crippen LogP contribution in [-0.2, 0) is 10.8 Å². The van der Waals surface area contributed by atoms with Crippen LogP contribution in [0.25, 0.3) is 0 Å². The van der Waals surface area contributed by atoms with Crippen molar-refractivity contribution in [3.63, 3.8) is 0 Å². The van der Waals surface area contributed by atoms with Crippen molar-refractivity contribution in [3.05, 3.63) is 29.8 Å². The van der Waals surface area contributed by atoms with Gasteiger partial charge in [0.2, 0.25) is 0 Å². The Morgan fingerprint density at radius 3 is 2.82 bits per heavy atom. The highest BCUT2D eigenvalue weighted by atomic mass is 32.2. The number of hydrogen-bond donors (Lipinski definition) is 0. The van der Waals surface area contributed by atoms with Crippen molar-refractivity contribution < 1.29 is 13.7 Å². The van der Waals surface area contributed by atoms with Crippen LogP contribution in [0.3, 0.4) is 0 Å². The summed E-state index contributed by atoms with van der Waals surface area (Å²) < 4.78 is 16.6. The number of hydrogen-bond acceptors (Lipinski definition) is 3. The van der Waals surface area contributed by atoms with Crippen molar-refractivity contribution in [2.75, 3.05) is 18.6 Å². The van der Waals surface area contributed by atoms with Gasteiger partial charge in [-0.2, -0.15) is 0 Å². The fourth-order valence-electron chi connectivity index (χ4n) is 1.40. The van der Waals surface area contributed by atoms with Gasteiger partial charge in [0.05, 0.1) is 12.9 Å². The van der Waals surface area contributed by atoms with Crippen LogP contribution in [0, 0.1) is 0 Å². The molecule has 0 saturated carbocycles. The summed E-state index contributed by atoms with van der Waals surface area (Å²) in [5, 5.41) is 0. The second kappa shape index (κ2) is 7.22. The Hall–Kier alpha value is -1.16. The Morgan fingerprint density at radius 1 is 1.41 bits per heavy atom. The lowest BCUT2D eigenvalue weighted by Gasteiger charge is -2.04. The Bertz CT molecular complexity index is 401. The zero-order valence-electron chi connectivity index (χ0n) is 10.3. The van der Waals surface area contributed by atoms with E-state index >= 15 is 0 Å². The highest BCUT2D eigenvalue weighted by molar-refractivity contribution is 7.85. The van der Waals surface area contributed by atoms with Crippen LogP contribution < -0.4 is 4.74 Å². The maximum Gasteiger partial charge on any atom is 0.175 e. The van der Waals surface area contributed by atoms with E-state index in [1.54, 1.807) is 31.4 Å². The molecule has 0 aromatic heterocycles. The first-order valence-electron chi connectivity index (χ1n) is 5.69. The van der Waals surface area contributed by atoms with Gasteiger partial charge >= 0.3 is 0 Å². The second-order valence-electron chi connectivity index (χ2n) is 3.80. The van der Waals surface area contributed by atoms with Crippen LogP contribution in [-0.4, -0.2) is 28.6 Å². The lowest BCUT2D eigenvalue weighted by molar-refractivity contribution is 0.102. The number of unbranched alkanes of at least 4 members (excludes halogenated alkanes) is 1. The summed E-state index contributed by atoms with van der Waals surface area (Å²) in [6.07, 6.45) is 1.90. The molecule has 94 valence electrons. The first-order chi connectivity index (χ1) is 8.17. The minimum Gasteiger partial charge on any atom is -0.497 e. The van der Waals surface area contributed by atoms with Crippen LogP contribution >= 0.6 is 0 Å². The van der Waals surface area contributed by atoms with E-state index in [0.29, 0.717) is 17.1 Å². The van der Waals surface area contributed by atoms with E-state index in [1.807, 2.05) is 6.92 Å². The molecule has 0 bridgehead atoms. The number of methoxy groups -OCH3 is 1. The number of rotatable bonds is 7. The van der Waals surface area contributed by atoms with Crippen LogP contribution in [0.15, 0.2) is 24.3 Å². The molecule has 1 aromatic rings. The lowest BCUT2D eigenvalue weighted by atomic mass is 10.1. The minimum absolute atomic E-state index is 0.0849. The number of Topliss-reactive ketones (excluding diaryl/α,β-unsaturated/α-hetero) is 1. The van der Waals surface area contributed by atoms with E-state index in [9.17, 15) is 9.00 Å². The maximum absolute atomic E-state index is 11.8. The number of carbonyl (C=O) groups excluding carboxylic acids is 1. The summed E-state index contributed by atoms with van der Waals surface area (Å²) in [6, 6.07) is 6.95. The summed E-state index contributed by atoms with van der Waals surface area (Å²) in [6.45, 7) is 2.04. The maximum atomic E-state index is 11.8. The molecule has 1 atom stereocenters. The van der Waals surface area contributed by atoms with Crippen LogP contribution in [0.4, 0.5) is 0 Å². The monoisotopic (exact) mass is 254 g/mol. The van der Waals surface area contributed by atoms with Gasteiger partial charge in [-0.15, -0.1) is 0 Å². The average molecular weight is 254 g/mol. The molecule has 0 saturated heterocycles. The normalized spacial score (nSPS) is 12.1. The first-order valence-corrected chi connectivity index (χ1v) is 7.18. The number of carbonyl (C=O) groups is 1. The topological polar surface area (TPSA) is 43.4 Å². The molecule has 17 heavy (non-hydrogen) atoms. The Morgan fingerprint density at radius 2 is 2.18 bits per heavy atom. The second-order valence-corrected chi connectivity index (χ2v) is 5.37. The van der Waals surface area contributed by atoms with E-state index in [2.05, 4.69) is 0 Å². The molecule has 0 spiro atoms. The molecule has 0 amide bonds. The largest absolute Gasteiger partial charge is 0.497 e. The molecule has 0 fully saturated rings. The molecule has 0 aliphatic heterocycles. The highest BCUT2D eigenvalue weighted by Crippen LogP contribution is 2.13. The van der Waals surface area contributed by atoms with E-state index in [-0.39, 0.29) is 11.5 Å². The van der Waals surface area contributed by atoms with Crippen LogP contribution in [0.5, 0.6) is 5.75 Å². The van der Waals surface area contributed by atoms with Crippen molar-refractivity contribution >= 4 is 16.6 Å². The Balaban J connectivity index is 2.60. The molecule has 0 radical (unpaired) electrons. The quantitative estimate of drug-likeness (QED) is 0.702. The molecular formula is C13H18O3S. The predicted octanol–water partition coefficient (Wildman–Crippen LogP) is 2.43. The van der Waals surface area contributed by atoms with E-state index in [4.69, 9.17) is 4.74 Å². The van der Waals surface area contributed by atoms with Gasteiger partial charge in [0.1, 0.15) is 5.75 Å². The molecule has 0 aliphatic rings. The van der Waals surface area contributed by atoms with E-state index in [1.165, 1.54) is 0 Å². The zero-order valence-corrected chi connectivity index (χ0v) is 11.1. The molecule has 4 heteroatoms. The van der Waals surface area contributed by atoms with Crippen molar-refractivity contribution in [1.82, 2.24) is 0 Å². The van der Waals surface area contributed by atoms with Crippen molar-refractivity contribution in [3.8, 4) is 5.75 Å². The fourth-order valence-corrected chi connectivity index (χ4v) is 2.62. The molecular weight excluding hydrogens is 236 g/mol. The fraction of sp³-hybridized carbons (Fsp3) is 0.462. The van der Waals surface area contributed by atoms with Crippen molar-refractivity contribution in [2.24, 2.45) is 0 Å². The lowest BCUT2D eigenvalue weighted by Crippen LogP contribution is -2.13. The van der Waals surface area contributed by atoms with Gasteiger partial charge in [-0.25, -0.2) is 0 Å². The third kappa shape index (κ3) is 4.69. The SMILES string of the molecule is CCCCS(=O)CC(=O)c1cccc(OC)c1. The summed E-state index contributed by atoms with van der Waals surface area (Å²) in [5.74, 6) is 1.27. The van der Waals surface area contributed by atoms with Crippen molar-refractivity contribution in [1.29, 1.82) is 0 Å². The highest BCUT2D eigenvalue weighted by Gasteiger charge is 2.10. The van der Waals surface area contributed by atoms with Gasteiger partial charge in [0.15, 0.2) is 5.78 Å². The van der Waals surface area contributed by atoms with E-state index < -0.39 is 10.8 Å². The molecule has 0 aliphatic carbocycles. The Kier molecular flexibility index (Phi) is 5.91. The third-order valence-corrected chi connectivity index (χ3v) is 3.74. The molecule has 3 nitrogen and oxygen atoms in total. The van der Waals surface area contributed by atoms with E-state index in [0.717, 1.165) is 12.8 Å². The van der Waals surface area contributed by atoms with Gasteiger partial charge in [0, 0.05) is 22.1 Å². The average Bonchev–Trinajstić information content (AvgIpc) is 2.36. The summed E-state index contributed by atoms with van der Waals surface area (Å²) in [4.78, 5) is 11.8. The number of ketones is 1. The zero-order chi connectivity index (χ0) is 12.7. The van der Waals surface area contributed by atoms with Gasteiger partial charge < -0.3 is 4.74 Å². The predicted molar refractivity (Wildman–Crippen MR) is 70.1 cm³/mol. The van der Waals surface area contributed by atoms with Crippen molar-refractivity contribution in [2.45, 2.75) is 19.8 Å². The standard InChI is InChI=1S/C13H18O3S/c1-3-4-8-17(15)10-13(14)11-6-5-7-12(9-11)16-2/h5-7,9H,3-4,8,10H2,1-2H3. The number of ether oxygens (including phenoxy) is 1. The summed E-state index contributed by atoms with van der Waals surface area (Å²) in [7, 11) is 0.509. The van der Waals surface area contributed by atoms with Crippen LogP contribution in [0.2, 0.25) is 0 Å². The molecule has 1 unspecified atom stereocenters. The summed E-state index contributed by atoms with van der Waals surface area (Å²) in [5.41, 5.74) is 0.564. The third-order valence-electron chi connectivity index (χ3n) is 2.41. The van der Waals surface area contributed by atoms with Gasteiger partial charge in [-0.1, -0.05) is 25.5 Å². The summed E-state index contributed by atoms with van der Waals surface area (Å²) >= 11 is 0. The molecule has 0 heterocycles. The Labute approximate surface area is 105 Å². The molecule has 0 N–H and O–H groups in total. The first kappa shape index (κ1) is 13.9. The van der Waals surface area contributed by atoms with Gasteiger partial charge in [0.25, 0.3) is 0 Å². The number of benzene rings is 1. The van der Waals surface area contributed by atoms with Gasteiger partial charge in [-0.3, -0.25) is 9.00 Å². The smallest absolute Gasteiger partial charge is 0.175 e. The minimum atomic E-state index is -1.05. The van der Waals surface area contributed by atoms with Crippen LogP contribution in [0.1, 0.15) is 30.1 Å². The molecule has 1 rings (SSSR count). The molecule has 1 aromatic carbocycles. The van der Waals surface area contributed by atoms with Gasteiger partial charge in [-0.05, 0) is 18.6 Å².